The van der Waals surface area contributed by atoms with Gasteiger partial charge in [-0.2, -0.15) is 0 Å². The highest BCUT2D eigenvalue weighted by Gasteiger charge is 2.30. The van der Waals surface area contributed by atoms with E-state index in [0.29, 0.717) is 0 Å². The maximum atomic E-state index is 6.16. The number of hydrogen-bond acceptors (Lipinski definition) is 2. The molecular weight excluding hydrogens is 222 g/mol. The van der Waals surface area contributed by atoms with Crippen LogP contribution in [-0.2, 0) is 13.0 Å². The molecule has 0 saturated heterocycles. The molecule has 96 valence electrons. The van der Waals surface area contributed by atoms with E-state index in [1.165, 1.54) is 29.4 Å². The normalized spacial score (nSPS) is 15.4. The summed E-state index contributed by atoms with van der Waals surface area (Å²) in [5.74, 6) is 1.90. The van der Waals surface area contributed by atoms with Crippen molar-refractivity contribution in [2.45, 2.75) is 45.6 Å². The molecule has 0 radical (unpaired) electrons. The summed E-state index contributed by atoms with van der Waals surface area (Å²) in [6.07, 6.45) is 3.68. The van der Waals surface area contributed by atoms with E-state index < -0.39 is 0 Å². The zero-order chi connectivity index (χ0) is 12.5. The van der Waals surface area contributed by atoms with Crippen molar-refractivity contribution < 1.29 is 4.42 Å². The van der Waals surface area contributed by atoms with Crippen molar-refractivity contribution in [3.05, 3.63) is 35.1 Å². The van der Waals surface area contributed by atoms with E-state index in [0.717, 1.165) is 36.8 Å². The fraction of sp³-hybridized carbons (Fsp3) is 0.500. The van der Waals surface area contributed by atoms with Crippen LogP contribution in [0.1, 0.15) is 49.5 Å². The first-order chi connectivity index (χ1) is 8.85. The van der Waals surface area contributed by atoms with Crippen molar-refractivity contribution in [3.8, 4) is 0 Å². The lowest BCUT2D eigenvalue weighted by Crippen LogP contribution is -2.12. The van der Waals surface area contributed by atoms with Gasteiger partial charge < -0.3 is 9.73 Å². The largest absolute Gasteiger partial charge is 0.459 e. The van der Waals surface area contributed by atoms with Gasteiger partial charge in [0.25, 0.3) is 0 Å². The molecule has 18 heavy (non-hydrogen) atoms. The minimum absolute atomic E-state index is 0.743. The molecule has 1 heterocycles. The SMILES string of the molecule is CCNCc1oc2c(CC)cccc2c1C1CC1. The first kappa shape index (κ1) is 11.8. The fourth-order valence-electron chi connectivity index (χ4n) is 2.71. The second-order valence-corrected chi connectivity index (χ2v) is 5.14. The molecule has 2 nitrogen and oxygen atoms in total. The van der Waals surface area contributed by atoms with Crippen LogP contribution >= 0.6 is 0 Å². The average molecular weight is 243 g/mol. The van der Waals surface area contributed by atoms with Crippen LogP contribution in [0.15, 0.2) is 22.6 Å². The Kier molecular flexibility index (Phi) is 3.13. The summed E-state index contributed by atoms with van der Waals surface area (Å²) in [6.45, 7) is 6.18. The quantitative estimate of drug-likeness (QED) is 0.859. The summed E-state index contributed by atoms with van der Waals surface area (Å²) in [7, 11) is 0. The van der Waals surface area contributed by atoms with E-state index in [1.807, 2.05) is 0 Å². The van der Waals surface area contributed by atoms with Crippen LogP contribution in [0.3, 0.4) is 0 Å². The Hall–Kier alpha value is -1.28. The number of aryl methyl sites for hydroxylation is 1. The molecule has 1 aromatic carbocycles. The van der Waals surface area contributed by atoms with Gasteiger partial charge in [0.05, 0.1) is 6.54 Å². The number of rotatable bonds is 5. The summed E-state index contributed by atoms with van der Waals surface area (Å²) in [5.41, 5.74) is 3.92. The summed E-state index contributed by atoms with van der Waals surface area (Å²) in [5, 5.41) is 4.74. The number of benzene rings is 1. The Labute approximate surface area is 108 Å². The lowest BCUT2D eigenvalue weighted by atomic mass is 10.0. The highest BCUT2D eigenvalue weighted by atomic mass is 16.3. The molecule has 1 aromatic heterocycles. The molecule has 1 aliphatic carbocycles. The van der Waals surface area contributed by atoms with Crippen LogP contribution in [0.4, 0.5) is 0 Å². The minimum atomic E-state index is 0.743. The lowest BCUT2D eigenvalue weighted by Gasteiger charge is -2.01. The standard InChI is InChI=1S/C16H21NO/c1-3-11-6-5-7-13-15(12-8-9-12)14(10-17-4-2)18-16(11)13/h5-7,12,17H,3-4,8-10H2,1-2H3. The van der Waals surface area contributed by atoms with Crippen molar-refractivity contribution in [3.63, 3.8) is 0 Å². The van der Waals surface area contributed by atoms with Crippen LogP contribution in [0.5, 0.6) is 0 Å². The number of fused-ring (bicyclic) bond motifs is 1. The topological polar surface area (TPSA) is 25.2 Å². The smallest absolute Gasteiger partial charge is 0.137 e. The van der Waals surface area contributed by atoms with Gasteiger partial charge in [0.1, 0.15) is 11.3 Å². The summed E-state index contributed by atoms with van der Waals surface area (Å²) < 4.78 is 6.16. The lowest BCUT2D eigenvalue weighted by molar-refractivity contribution is 0.511. The molecule has 0 spiro atoms. The minimum Gasteiger partial charge on any atom is -0.459 e. The van der Waals surface area contributed by atoms with Gasteiger partial charge in [-0.1, -0.05) is 32.0 Å². The van der Waals surface area contributed by atoms with Crippen molar-refractivity contribution >= 4 is 11.0 Å². The molecule has 0 aliphatic heterocycles. The van der Waals surface area contributed by atoms with E-state index >= 15 is 0 Å². The van der Waals surface area contributed by atoms with Crippen LogP contribution in [0, 0.1) is 0 Å². The average Bonchev–Trinajstić information content (AvgIpc) is 3.16. The Morgan fingerprint density at radius 1 is 1.28 bits per heavy atom. The highest BCUT2D eigenvalue weighted by Crippen LogP contribution is 2.46. The maximum absolute atomic E-state index is 6.16. The first-order valence-electron chi connectivity index (χ1n) is 7.09. The molecule has 1 N–H and O–H groups in total. The third-order valence-corrected chi connectivity index (χ3v) is 3.81. The molecule has 0 amide bonds. The summed E-state index contributed by atoms with van der Waals surface area (Å²) >= 11 is 0. The van der Waals surface area contributed by atoms with Gasteiger partial charge in [0.2, 0.25) is 0 Å². The predicted molar refractivity (Wildman–Crippen MR) is 74.9 cm³/mol. The molecule has 1 fully saturated rings. The Morgan fingerprint density at radius 3 is 2.78 bits per heavy atom. The molecule has 0 unspecified atom stereocenters. The van der Waals surface area contributed by atoms with Gasteiger partial charge in [-0.25, -0.2) is 0 Å². The van der Waals surface area contributed by atoms with Gasteiger partial charge in [-0.3, -0.25) is 0 Å². The van der Waals surface area contributed by atoms with E-state index in [1.54, 1.807) is 0 Å². The second-order valence-electron chi connectivity index (χ2n) is 5.14. The third-order valence-electron chi connectivity index (χ3n) is 3.81. The maximum Gasteiger partial charge on any atom is 0.137 e. The van der Waals surface area contributed by atoms with Crippen molar-refractivity contribution in [1.82, 2.24) is 5.32 Å². The molecule has 3 rings (SSSR count). The monoisotopic (exact) mass is 243 g/mol. The van der Waals surface area contributed by atoms with Crippen molar-refractivity contribution in [2.24, 2.45) is 0 Å². The summed E-state index contributed by atoms with van der Waals surface area (Å²) in [4.78, 5) is 0. The number of para-hydroxylation sites is 1. The van der Waals surface area contributed by atoms with Gasteiger partial charge in [-0.05, 0) is 37.3 Å². The summed E-state index contributed by atoms with van der Waals surface area (Å²) in [6, 6.07) is 6.57. The van der Waals surface area contributed by atoms with E-state index in [2.05, 4.69) is 37.4 Å². The molecule has 0 atom stereocenters. The molecular formula is C16H21NO. The van der Waals surface area contributed by atoms with Crippen LogP contribution in [0.2, 0.25) is 0 Å². The van der Waals surface area contributed by atoms with Crippen LogP contribution in [0.25, 0.3) is 11.0 Å². The van der Waals surface area contributed by atoms with E-state index in [9.17, 15) is 0 Å². The predicted octanol–water partition coefficient (Wildman–Crippen LogP) is 3.98. The third kappa shape index (κ3) is 1.95. The van der Waals surface area contributed by atoms with E-state index in [-0.39, 0.29) is 0 Å². The zero-order valence-corrected chi connectivity index (χ0v) is 11.3. The van der Waals surface area contributed by atoms with Crippen molar-refractivity contribution in [1.29, 1.82) is 0 Å². The van der Waals surface area contributed by atoms with Gasteiger partial charge in [-0.15, -0.1) is 0 Å². The molecule has 1 saturated carbocycles. The fourth-order valence-corrected chi connectivity index (χ4v) is 2.71. The Morgan fingerprint density at radius 2 is 2.11 bits per heavy atom. The number of hydrogen-bond donors (Lipinski definition) is 1. The zero-order valence-electron chi connectivity index (χ0n) is 11.3. The van der Waals surface area contributed by atoms with Gasteiger partial charge >= 0.3 is 0 Å². The molecule has 2 aromatic rings. The first-order valence-corrected chi connectivity index (χ1v) is 7.09. The van der Waals surface area contributed by atoms with E-state index in [4.69, 9.17) is 4.42 Å². The van der Waals surface area contributed by atoms with Gasteiger partial charge in [0, 0.05) is 10.9 Å². The Bertz CT molecular complexity index is 551. The molecule has 1 aliphatic rings. The molecule has 2 heteroatoms. The Balaban J connectivity index is 2.12. The second kappa shape index (κ2) is 4.77. The molecule has 0 bridgehead atoms. The number of nitrogens with one attached hydrogen (secondary N) is 1. The van der Waals surface area contributed by atoms with Crippen LogP contribution in [-0.4, -0.2) is 6.54 Å². The van der Waals surface area contributed by atoms with Crippen LogP contribution < -0.4 is 5.32 Å². The van der Waals surface area contributed by atoms with Gasteiger partial charge in [0.15, 0.2) is 0 Å². The highest BCUT2D eigenvalue weighted by molar-refractivity contribution is 5.86. The number of furan rings is 1. The van der Waals surface area contributed by atoms with Crippen molar-refractivity contribution in [2.75, 3.05) is 6.54 Å².